The molecule has 0 aliphatic heterocycles. The van der Waals surface area contributed by atoms with Crippen LogP contribution in [-0.4, -0.2) is 10.0 Å². The molecule has 0 fully saturated rings. The van der Waals surface area contributed by atoms with Crippen molar-refractivity contribution in [2.45, 2.75) is 6.92 Å². The van der Waals surface area contributed by atoms with E-state index in [0.717, 1.165) is 0 Å². The van der Waals surface area contributed by atoms with Gasteiger partial charge in [0.2, 0.25) is 0 Å². The van der Waals surface area contributed by atoms with E-state index >= 15 is 0 Å². The van der Waals surface area contributed by atoms with E-state index in [1.807, 2.05) is 0 Å². The van der Waals surface area contributed by atoms with Gasteiger partial charge in [0.15, 0.2) is 5.76 Å². The highest BCUT2D eigenvalue weighted by Crippen LogP contribution is 2.14. The normalized spacial score (nSPS) is 12.1. The zero-order chi connectivity index (χ0) is 9.84. The standard InChI is InChI=1S/C9H9NO3/c1-7(10(12)13)9(11)8-5-3-2-4-6-8/h2-6,11H,1H3. The van der Waals surface area contributed by atoms with Gasteiger partial charge in [-0.3, -0.25) is 10.1 Å². The van der Waals surface area contributed by atoms with Gasteiger partial charge in [0, 0.05) is 12.5 Å². The van der Waals surface area contributed by atoms with Gasteiger partial charge in [-0.25, -0.2) is 0 Å². The van der Waals surface area contributed by atoms with Crippen LogP contribution >= 0.6 is 0 Å². The van der Waals surface area contributed by atoms with Crippen molar-refractivity contribution in [3.8, 4) is 0 Å². The van der Waals surface area contributed by atoms with Gasteiger partial charge in [-0.1, -0.05) is 30.3 Å². The van der Waals surface area contributed by atoms with Crippen LogP contribution in [0.4, 0.5) is 0 Å². The van der Waals surface area contributed by atoms with Crippen molar-refractivity contribution in [1.29, 1.82) is 0 Å². The van der Waals surface area contributed by atoms with Crippen LogP contribution in [0, 0.1) is 10.1 Å². The molecular formula is C9H9NO3. The van der Waals surface area contributed by atoms with Gasteiger partial charge in [0.1, 0.15) is 0 Å². The second kappa shape index (κ2) is 3.71. The van der Waals surface area contributed by atoms with Crippen LogP contribution in [0.1, 0.15) is 12.5 Å². The Hall–Kier alpha value is -1.84. The first-order chi connectivity index (χ1) is 6.13. The molecule has 0 aromatic heterocycles. The van der Waals surface area contributed by atoms with E-state index in [1.165, 1.54) is 6.92 Å². The maximum atomic E-state index is 10.3. The van der Waals surface area contributed by atoms with Crippen LogP contribution in [0.5, 0.6) is 0 Å². The Bertz CT molecular complexity index is 343. The zero-order valence-corrected chi connectivity index (χ0v) is 7.10. The highest BCUT2D eigenvalue weighted by atomic mass is 16.6. The summed E-state index contributed by atoms with van der Waals surface area (Å²) >= 11 is 0. The summed E-state index contributed by atoms with van der Waals surface area (Å²) in [5, 5.41) is 19.7. The molecule has 1 aromatic carbocycles. The first kappa shape index (κ1) is 9.25. The number of aliphatic hydroxyl groups excluding tert-OH is 1. The van der Waals surface area contributed by atoms with E-state index in [1.54, 1.807) is 30.3 Å². The minimum atomic E-state index is -0.609. The van der Waals surface area contributed by atoms with Crippen molar-refractivity contribution < 1.29 is 10.0 Å². The fourth-order valence-corrected chi connectivity index (χ4v) is 0.891. The molecule has 1 rings (SSSR count). The SMILES string of the molecule is CC(=C(O)c1ccccc1)[N+](=O)[O-]. The van der Waals surface area contributed by atoms with Crippen molar-refractivity contribution in [1.82, 2.24) is 0 Å². The number of allylic oxidation sites excluding steroid dienone is 1. The lowest BCUT2D eigenvalue weighted by Crippen LogP contribution is -1.98. The molecule has 4 heteroatoms. The summed E-state index contributed by atoms with van der Waals surface area (Å²) in [6.07, 6.45) is 0. The minimum absolute atomic E-state index is 0.244. The quantitative estimate of drug-likeness (QED) is 0.430. The van der Waals surface area contributed by atoms with Crippen molar-refractivity contribution in [3.63, 3.8) is 0 Å². The van der Waals surface area contributed by atoms with Gasteiger partial charge in [0.25, 0.3) is 5.70 Å². The molecule has 0 bridgehead atoms. The molecule has 13 heavy (non-hydrogen) atoms. The largest absolute Gasteiger partial charge is 0.502 e. The summed E-state index contributed by atoms with van der Waals surface area (Å²) in [4.78, 5) is 9.69. The van der Waals surface area contributed by atoms with E-state index in [9.17, 15) is 15.2 Å². The van der Waals surface area contributed by atoms with E-state index in [-0.39, 0.29) is 11.5 Å². The number of nitro groups is 1. The average molecular weight is 179 g/mol. The molecule has 0 aliphatic rings. The monoisotopic (exact) mass is 179 g/mol. The van der Waals surface area contributed by atoms with Crippen molar-refractivity contribution in [2.75, 3.05) is 0 Å². The van der Waals surface area contributed by atoms with E-state index in [0.29, 0.717) is 5.56 Å². The highest BCUT2D eigenvalue weighted by Gasteiger charge is 2.12. The molecule has 1 N–H and O–H groups in total. The maximum Gasteiger partial charge on any atom is 0.285 e. The lowest BCUT2D eigenvalue weighted by atomic mass is 10.1. The summed E-state index contributed by atoms with van der Waals surface area (Å²) in [7, 11) is 0. The van der Waals surface area contributed by atoms with E-state index in [4.69, 9.17) is 0 Å². The third-order valence-electron chi connectivity index (χ3n) is 1.66. The third kappa shape index (κ3) is 2.05. The summed E-state index contributed by atoms with van der Waals surface area (Å²) < 4.78 is 0. The Morgan fingerprint density at radius 3 is 2.38 bits per heavy atom. The molecule has 0 atom stereocenters. The number of hydrogen-bond acceptors (Lipinski definition) is 3. The van der Waals surface area contributed by atoms with Crippen LogP contribution in [-0.2, 0) is 0 Å². The van der Waals surface area contributed by atoms with Crippen LogP contribution in [0.15, 0.2) is 36.0 Å². The van der Waals surface area contributed by atoms with Crippen LogP contribution < -0.4 is 0 Å². The molecule has 0 saturated carbocycles. The van der Waals surface area contributed by atoms with Gasteiger partial charge in [-0.05, 0) is 0 Å². The molecular weight excluding hydrogens is 170 g/mol. The maximum absolute atomic E-state index is 10.3. The number of hydrogen-bond donors (Lipinski definition) is 1. The zero-order valence-electron chi connectivity index (χ0n) is 7.10. The van der Waals surface area contributed by atoms with Gasteiger partial charge in [-0.2, -0.15) is 0 Å². The lowest BCUT2D eigenvalue weighted by Gasteiger charge is -1.98. The summed E-state index contributed by atoms with van der Waals surface area (Å²) in [5.74, 6) is -0.286. The molecule has 0 saturated heterocycles. The molecule has 0 aliphatic carbocycles. The van der Waals surface area contributed by atoms with Crippen LogP contribution in [0.2, 0.25) is 0 Å². The Morgan fingerprint density at radius 1 is 1.38 bits per heavy atom. The Kier molecular flexibility index (Phi) is 2.64. The van der Waals surface area contributed by atoms with Crippen LogP contribution in [0.3, 0.4) is 0 Å². The molecule has 4 nitrogen and oxygen atoms in total. The molecule has 68 valence electrons. The fourth-order valence-electron chi connectivity index (χ4n) is 0.891. The van der Waals surface area contributed by atoms with Gasteiger partial charge < -0.3 is 5.11 Å². The first-order valence-electron chi connectivity index (χ1n) is 3.72. The molecule has 0 heterocycles. The summed E-state index contributed by atoms with van der Waals surface area (Å²) in [6.45, 7) is 1.27. The first-order valence-corrected chi connectivity index (χ1v) is 3.72. The Balaban J connectivity index is 3.11. The Labute approximate surface area is 75.3 Å². The van der Waals surface area contributed by atoms with Gasteiger partial charge in [0.05, 0.1) is 4.92 Å². The molecule has 0 amide bonds. The topological polar surface area (TPSA) is 63.4 Å². The smallest absolute Gasteiger partial charge is 0.285 e. The van der Waals surface area contributed by atoms with Crippen molar-refractivity contribution in [2.24, 2.45) is 0 Å². The summed E-state index contributed by atoms with van der Waals surface area (Å²) in [6, 6.07) is 8.42. The van der Waals surface area contributed by atoms with Crippen molar-refractivity contribution >= 4 is 5.76 Å². The molecule has 0 spiro atoms. The number of aliphatic hydroxyl groups is 1. The number of rotatable bonds is 2. The lowest BCUT2D eigenvalue weighted by molar-refractivity contribution is -0.424. The second-order valence-electron chi connectivity index (χ2n) is 2.56. The second-order valence-corrected chi connectivity index (χ2v) is 2.56. The average Bonchev–Trinajstić information content (AvgIpc) is 2.17. The molecule has 0 unspecified atom stereocenters. The van der Waals surface area contributed by atoms with Crippen LogP contribution in [0.25, 0.3) is 5.76 Å². The highest BCUT2D eigenvalue weighted by molar-refractivity contribution is 5.59. The number of nitrogens with zero attached hydrogens (tertiary/aromatic N) is 1. The third-order valence-corrected chi connectivity index (χ3v) is 1.66. The molecule has 1 aromatic rings. The summed E-state index contributed by atoms with van der Waals surface area (Å²) in [5.41, 5.74) is 0.211. The Morgan fingerprint density at radius 2 is 1.92 bits per heavy atom. The van der Waals surface area contributed by atoms with Gasteiger partial charge in [-0.15, -0.1) is 0 Å². The van der Waals surface area contributed by atoms with E-state index < -0.39 is 4.92 Å². The fraction of sp³-hybridized carbons (Fsp3) is 0.111. The number of benzene rings is 1. The molecule has 0 radical (unpaired) electrons. The van der Waals surface area contributed by atoms with Gasteiger partial charge >= 0.3 is 0 Å². The minimum Gasteiger partial charge on any atom is -0.502 e. The van der Waals surface area contributed by atoms with E-state index in [2.05, 4.69) is 0 Å². The van der Waals surface area contributed by atoms with Crippen molar-refractivity contribution in [3.05, 3.63) is 51.7 Å². The predicted molar refractivity (Wildman–Crippen MR) is 48.7 cm³/mol. The predicted octanol–water partition coefficient (Wildman–Crippen LogP) is 2.21.